The maximum absolute atomic E-state index is 12.1. The first kappa shape index (κ1) is 24.3. The number of hydrogen-bond donors (Lipinski definition) is 4. The number of nitrogens with one attached hydrogen (secondary N) is 2. The fourth-order valence-corrected chi connectivity index (χ4v) is 4.08. The smallest absolute Gasteiger partial charge is 0.407 e. The first-order chi connectivity index (χ1) is 16.0. The van der Waals surface area contributed by atoms with Crippen LogP contribution in [-0.4, -0.2) is 54.0 Å². The van der Waals surface area contributed by atoms with E-state index in [1.54, 1.807) is 0 Å². The molecule has 1 aliphatic rings. The number of benzene rings is 2. The predicted octanol–water partition coefficient (Wildman–Crippen LogP) is 3.04. The van der Waals surface area contributed by atoms with Gasteiger partial charge in [0.2, 0.25) is 5.91 Å². The maximum Gasteiger partial charge on any atom is 0.407 e. The van der Waals surface area contributed by atoms with Crippen LogP contribution in [0.2, 0.25) is 0 Å². The number of hydrogen-bond acceptors (Lipinski definition) is 5. The molecule has 8 nitrogen and oxygen atoms in total. The quantitative estimate of drug-likeness (QED) is 0.365. The number of ether oxygens (including phenoxy) is 1. The minimum absolute atomic E-state index is 0.0159. The van der Waals surface area contributed by atoms with Gasteiger partial charge in [-0.25, -0.2) is 9.59 Å². The molecule has 0 heterocycles. The monoisotopic (exact) mass is 454 g/mol. The van der Waals surface area contributed by atoms with Crippen molar-refractivity contribution in [3.05, 3.63) is 59.7 Å². The molecule has 33 heavy (non-hydrogen) atoms. The van der Waals surface area contributed by atoms with Gasteiger partial charge >= 0.3 is 12.1 Å². The molecule has 3 rings (SSSR count). The van der Waals surface area contributed by atoms with Gasteiger partial charge in [0, 0.05) is 31.9 Å². The summed E-state index contributed by atoms with van der Waals surface area (Å²) < 4.78 is 5.48. The summed E-state index contributed by atoms with van der Waals surface area (Å²) in [6, 6.07) is 15.2. The van der Waals surface area contributed by atoms with E-state index in [0.717, 1.165) is 11.1 Å². The molecule has 8 heteroatoms. The maximum atomic E-state index is 12.1. The van der Waals surface area contributed by atoms with Crippen LogP contribution in [0.4, 0.5) is 4.79 Å². The number of carboxylic acids is 1. The number of aliphatic hydroxyl groups excluding tert-OH is 1. The van der Waals surface area contributed by atoms with Crippen LogP contribution in [0.25, 0.3) is 11.1 Å². The van der Waals surface area contributed by atoms with Crippen molar-refractivity contribution >= 4 is 18.0 Å². The number of carbonyl (C=O) groups is 3. The highest BCUT2D eigenvalue weighted by Crippen LogP contribution is 2.44. The van der Waals surface area contributed by atoms with Crippen molar-refractivity contribution in [1.82, 2.24) is 10.6 Å². The number of unbranched alkanes of at least 4 members (excludes halogenated alkanes) is 2. The molecule has 176 valence electrons. The third kappa shape index (κ3) is 6.55. The van der Waals surface area contributed by atoms with E-state index in [1.165, 1.54) is 11.1 Å². The van der Waals surface area contributed by atoms with Crippen LogP contribution < -0.4 is 10.6 Å². The lowest BCUT2D eigenvalue weighted by atomic mass is 9.98. The number of aliphatic hydroxyl groups is 1. The van der Waals surface area contributed by atoms with Gasteiger partial charge in [-0.15, -0.1) is 0 Å². The fourth-order valence-electron chi connectivity index (χ4n) is 4.08. The lowest BCUT2D eigenvalue weighted by Crippen LogP contribution is -2.41. The lowest BCUT2D eigenvalue weighted by Gasteiger charge is -2.14. The van der Waals surface area contributed by atoms with E-state index in [-0.39, 0.29) is 37.9 Å². The molecule has 0 spiro atoms. The van der Waals surface area contributed by atoms with E-state index in [4.69, 9.17) is 14.9 Å². The Morgan fingerprint density at radius 2 is 1.58 bits per heavy atom. The van der Waals surface area contributed by atoms with Gasteiger partial charge in [-0.1, -0.05) is 55.0 Å². The van der Waals surface area contributed by atoms with Crippen LogP contribution in [0.5, 0.6) is 0 Å². The Balaban J connectivity index is 1.33. The average Bonchev–Trinajstić information content (AvgIpc) is 3.13. The Hall–Kier alpha value is -3.39. The van der Waals surface area contributed by atoms with Crippen molar-refractivity contribution in [3.63, 3.8) is 0 Å². The summed E-state index contributed by atoms with van der Waals surface area (Å²) in [7, 11) is 0. The highest BCUT2D eigenvalue weighted by Gasteiger charge is 2.28. The topological polar surface area (TPSA) is 125 Å². The van der Waals surface area contributed by atoms with Gasteiger partial charge in [-0.05, 0) is 35.1 Å². The van der Waals surface area contributed by atoms with Crippen LogP contribution >= 0.6 is 0 Å². The molecular weight excluding hydrogens is 424 g/mol. The van der Waals surface area contributed by atoms with Crippen LogP contribution in [0.1, 0.15) is 49.1 Å². The summed E-state index contributed by atoms with van der Waals surface area (Å²) in [5.41, 5.74) is 4.68. The fraction of sp³-hybridized carbons (Fsp3) is 0.400. The van der Waals surface area contributed by atoms with Gasteiger partial charge in [0.1, 0.15) is 12.6 Å². The number of fused-ring (bicyclic) bond motifs is 3. The summed E-state index contributed by atoms with van der Waals surface area (Å²) in [6.07, 6.45) is 1.66. The van der Waals surface area contributed by atoms with Crippen molar-refractivity contribution < 1.29 is 29.3 Å². The van der Waals surface area contributed by atoms with Gasteiger partial charge < -0.3 is 25.6 Å². The van der Waals surface area contributed by atoms with E-state index in [0.29, 0.717) is 25.8 Å². The standard InChI is InChI=1S/C25H30N2O6/c28-15-13-22(24(30)31)27-23(29)12-2-1-7-14-26-25(32)33-16-21-19-10-5-3-8-17(19)18-9-4-6-11-20(18)21/h3-6,8-11,21-22,28H,1-2,7,12-16H2,(H,26,32)(H,27,29)(H,30,31)/t22-/m1/s1. The van der Waals surface area contributed by atoms with Crippen molar-refractivity contribution in [2.75, 3.05) is 19.8 Å². The Kier molecular flexibility index (Phi) is 8.83. The third-order valence-corrected chi connectivity index (χ3v) is 5.74. The second-order valence-electron chi connectivity index (χ2n) is 8.03. The van der Waals surface area contributed by atoms with Crippen LogP contribution in [0, 0.1) is 0 Å². The van der Waals surface area contributed by atoms with Gasteiger partial charge in [0.25, 0.3) is 0 Å². The average molecular weight is 455 g/mol. The normalized spacial score (nSPS) is 13.0. The third-order valence-electron chi connectivity index (χ3n) is 5.74. The zero-order valence-corrected chi connectivity index (χ0v) is 18.5. The molecule has 0 saturated carbocycles. The summed E-state index contributed by atoms with van der Waals surface area (Å²) in [4.78, 5) is 34.9. The SMILES string of the molecule is O=C(CCCCCNC(=O)OCC1c2ccccc2-c2ccccc21)N[C@H](CCO)C(=O)O. The Morgan fingerprint density at radius 3 is 2.18 bits per heavy atom. The highest BCUT2D eigenvalue weighted by atomic mass is 16.5. The molecule has 1 atom stereocenters. The second-order valence-corrected chi connectivity index (χ2v) is 8.03. The number of amides is 2. The van der Waals surface area contributed by atoms with Crippen molar-refractivity contribution in [2.24, 2.45) is 0 Å². The van der Waals surface area contributed by atoms with Gasteiger partial charge in [0.05, 0.1) is 0 Å². The number of carboxylic acid groups (broad SMARTS) is 1. The van der Waals surface area contributed by atoms with Crippen LogP contribution in [0.15, 0.2) is 48.5 Å². The van der Waals surface area contributed by atoms with E-state index in [1.807, 2.05) is 24.3 Å². The first-order valence-corrected chi connectivity index (χ1v) is 11.2. The minimum atomic E-state index is -1.16. The zero-order valence-electron chi connectivity index (χ0n) is 18.5. The van der Waals surface area contributed by atoms with Crippen molar-refractivity contribution in [3.8, 4) is 11.1 Å². The molecule has 0 aliphatic heterocycles. The van der Waals surface area contributed by atoms with E-state index in [2.05, 4.69) is 34.9 Å². The molecule has 2 aromatic rings. The number of carbonyl (C=O) groups excluding carboxylic acids is 2. The molecular formula is C25H30N2O6. The Bertz CT molecular complexity index is 931. The Labute approximate surface area is 193 Å². The van der Waals surface area contributed by atoms with E-state index >= 15 is 0 Å². The molecule has 2 aromatic carbocycles. The zero-order chi connectivity index (χ0) is 23.6. The van der Waals surface area contributed by atoms with Gasteiger partial charge in [-0.3, -0.25) is 4.79 Å². The van der Waals surface area contributed by atoms with Crippen molar-refractivity contribution in [2.45, 2.75) is 44.1 Å². The van der Waals surface area contributed by atoms with Crippen molar-refractivity contribution in [1.29, 1.82) is 0 Å². The van der Waals surface area contributed by atoms with Gasteiger partial charge in [0.15, 0.2) is 0 Å². The molecule has 0 unspecified atom stereocenters. The summed E-state index contributed by atoms with van der Waals surface area (Å²) in [6.45, 7) is 0.387. The molecule has 0 aromatic heterocycles. The second kappa shape index (κ2) is 12.0. The molecule has 0 bridgehead atoms. The van der Waals surface area contributed by atoms with E-state index in [9.17, 15) is 14.4 Å². The molecule has 2 amide bonds. The van der Waals surface area contributed by atoms with Crippen LogP contribution in [0.3, 0.4) is 0 Å². The largest absolute Gasteiger partial charge is 0.480 e. The molecule has 4 N–H and O–H groups in total. The molecule has 0 saturated heterocycles. The molecule has 1 aliphatic carbocycles. The van der Waals surface area contributed by atoms with Gasteiger partial charge in [-0.2, -0.15) is 0 Å². The molecule has 0 fully saturated rings. The summed E-state index contributed by atoms with van der Waals surface area (Å²) in [5.74, 6) is -1.51. The number of rotatable bonds is 12. The predicted molar refractivity (Wildman–Crippen MR) is 123 cm³/mol. The molecule has 0 radical (unpaired) electrons. The lowest BCUT2D eigenvalue weighted by molar-refractivity contribution is -0.142. The summed E-state index contributed by atoms with van der Waals surface area (Å²) >= 11 is 0. The first-order valence-electron chi connectivity index (χ1n) is 11.2. The number of alkyl carbamates (subject to hydrolysis) is 1. The minimum Gasteiger partial charge on any atom is -0.480 e. The highest BCUT2D eigenvalue weighted by molar-refractivity contribution is 5.83. The number of aliphatic carboxylic acids is 1. The van der Waals surface area contributed by atoms with E-state index < -0.39 is 18.1 Å². The Morgan fingerprint density at radius 1 is 0.939 bits per heavy atom. The van der Waals surface area contributed by atoms with Crippen LogP contribution in [-0.2, 0) is 14.3 Å². The summed E-state index contributed by atoms with van der Waals surface area (Å²) in [5, 5.41) is 23.0.